The van der Waals surface area contributed by atoms with Crippen molar-refractivity contribution >= 4 is 29.9 Å². The van der Waals surface area contributed by atoms with E-state index < -0.39 is 0 Å². The fourth-order valence-electron chi connectivity index (χ4n) is 2.05. The Labute approximate surface area is 164 Å². The summed E-state index contributed by atoms with van der Waals surface area (Å²) in [6, 6.07) is 11.9. The van der Waals surface area contributed by atoms with E-state index in [0.29, 0.717) is 31.4 Å². The van der Waals surface area contributed by atoms with Crippen molar-refractivity contribution in [2.24, 2.45) is 10.7 Å². The standard InChI is InChI=1S/C18H23FN4O.HI/c19-15-6-8-17(9-7-15)24-14-4-3-12-22-18(20)23-13-10-16-5-1-2-11-21-16;/h1-2,5-9,11H,3-4,10,12-14H2,(H3,20,22,23);1H. The summed E-state index contributed by atoms with van der Waals surface area (Å²) in [6.07, 6.45) is 4.33. The topological polar surface area (TPSA) is 72.5 Å². The van der Waals surface area contributed by atoms with Crippen LogP contribution in [0.25, 0.3) is 0 Å². The first-order chi connectivity index (χ1) is 11.7. The lowest BCUT2D eigenvalue weighted by Crippen LogP contribution is -2.33. The fraction of sp³-hybridized carbons (Fsp3) is 0.333. The zero-order valence-corrected chi connectivity index (χ0v) is 16.4. The third-order valence-corrected chi connectivity index (χ3v) is 3.33. The highest BCUT2D eigenvalue weighted by Gasteiger charge is 1.96. The molecule has 0 saturated carbocycles. The largest absolute Gasteiger partial charge is 0.494 e. The van der Waals surface area contributed by atoms with Crippen molar-refractivity contribution in [1.29, 1.82) is 0 Å². The molecular weight excluding hydrogens is 434 g/mol. The van der Waals surface area contributed by atoms with E-state index in [0.717, 1.165) is 25.0 Å². The van der Waals surface area contributed by atoms with Crippen LogP contribution in [0.15, 0.2) is 53.7 Å². The van der Waals surface area contributed by atoms with Gasteiger partial charge < -0.3 is 15.8 Å². The number of hydrogen-bond donors (Lipinski definition) is 2. The Morgan fingerprint density at radius 1 is 1.16 bits per heavy atom. The first kappa shape index (κ1) is 21.1. The van der Waals surface area contributed by atoms with E-state index in [1.54, 1.807) is 18.3 Å². The summed E-state index contributed by atoms with van der Waals surface area (Å²) in [5.41, 5.74) is 6.83. The molecule has 0 aliphatic carbocycles. The van der Waals surface area contributed by atoms with E-state index in [4.69, 9.17) is 10.5 Å². The summed E-state index contributed by atoms with van der Waals surface area (Å²) in [7, 11) is 0. The molecule has 2 rings (SSSR count). The lowest BCUT2D eigenvalue weighted by atomic mass is 10.3. The highest BCUT2D eigenvalue weighted by molar-refractivity contribution is 14.0. The van der Waals surface area contributed by atoms with Crippen molar-refractivity contribution in [3.8, 4) is 5.75 Å². The predicted molar refractivity (Wildman–Crippen MR) is 109 cm³/mol. The molecule has 3 N–H and O–H groups in total. The molecule has 136 valence electrons. The molecule has 1 heterocycles. The van der Waals surface area contributed by atoms with Gasteiger partial charge in [0.05, 0.1) is 6.61 Å². The number of nitrogens with zero attached hydrogens (tertiary/aromatic N) is 2. The molecule has 1 aromatic carbocycles. The Hall–Kier alpha value is -1.90. The minimum Gasteiger partial charge on any atom is -0.494 e. The zero-order chi connectivity index (χ0) is 17.0. The SMILES string of the molecule is I.NC(=NCCCCOc1ccc(F)cc1)NCCc1ccccn1. The van der Waals surface area contributed by atoms with Crippen LogP contribution in [-0.2, 0) is 6.42 Å². The molecule has 5 nitrogen and oxygen atoms in total. The summed E-state index contributed by atoms with van der Waals surface area (Å²) in [5, 5.41) is 3.07. The van der Waals surface area contributed by atoms with Crippen molar-refractivity contribution in [3.63, 3.8) is 0 Å². The van der Waals surface area contributed by atoms with Gasteiger partial charge in [-0.05, 0) is 49.2 Å². The van der Waals surface area contributed by atoms with Gasteiger partial charge in [-0.3, -0.25) is 9.98 Å². The summed E-state index contributed by atoms with van der Waals surface area (Å²) in [5.74, 6) is 0.865. The zero-order valence-electron chi connectivity index (χ0n) is 14.0. The molecule has 0 fully saturated rings. The number of nitrogens with one attached hydrogen (secondary N) is 1. The van der Waals surface area contributed by atoms with Crippen LogP contribution in [0.4, 0.5) is 4.39 Å². The predicted octanol–water partition coefficient (Wildman–Crippen LogP) is 3.14. The molecule has 0 spiro atoms. The molecule has 0 aliphatic heterocycles. The molecule has 0 amide bonds. The van der Waals surface area contributed by atoms with E-state index in [-0.39, 0.29) is 29.8 Å². The van der Waals surface area contributed by atoms with Gasteiger partial charge in [-0.1, -0.05) is 6.07 Å². The van der Waals surface area contributed by atoms with Crippen molar-refractivity contribution in [1.82, 2.24) is 10.3 Å². The van der Waals surface area contributed by atoms with Crippen LogP contribution < -0.4 is 15.8 Å². The number of aromatic nitrogens is 1. The number of benzene rings is 1. The number of guanidine groups is 1. The molecule has 0 radical (unpaired) electrons. The maximum Gasteiger partial charge on any atom is 0.188 e. The number of nitrogens with two attached hydrogens (primary N) is 1. The monoisotopic (exact) mass is 458 g/mol. The first-order valence-electron chi connectivity index (χ1n) is 8.06. The quantitative estimate of drug-likeness (QED) is 0.262. The number of rotatable bonds is 9. The lowest BCUT2D eigenvalue weighted by Gasteiger charge is -2.06. The van der Waals surface area contributed by atoms with Crippen LogP contribution in [0.3, 0.4) is 0 Å². The normalized spacial score (nSPS) is 10.8. The van der Waals surface area contributed by atoms with Gasteiger partial charge in [0, 0.05) is 31.4 Å². The first-order valence-corrected chi connectivity index (χ1v) is 8.06. The van der Waals surface area contributed by atoms with Crippen molar-refractivity contribution < 1.29 is 9.13 Å². The Balaban J connectivity index is 0.00000312. The molecule has 7 heteroatoms. The van der Waals surface area contributed by atoms with Crippen LogP contribution in [0.1, 0.15) is 18.5 Å². The van der Waals surface area contributed by atoms with Crippen LogP contribution >= 0.6 is 24.0 Å². The summed E-state index contributed by atoms with van der Waals surface area (Å²) in [6.45, 7) is 1.93. The van der Waals surface area contributed by atoms with Gasteiger partial charge in [0.15, 0.2) is 5.96 Å². The van der Waals surface area contributed by atoms with E-state index in [2.05, 4.69) is 15.3 Å². The van der Waals surface area contributed by atoms with Crippen molar-refractivity contribution in [3.05, 3.63) is 60.2 Å². The van der Waals surface area contributed by atoms with E-state index in [9.17, 15) is 4.39 Å². The van der Waals surface area contributed by atoms with E-state index in [1.165, 1.54) is 12.1 Å². The molecule has 0 unspecified atom stereocenters. The third-order valence-electron chi connectivity index (χ3n) is 3.33. The van der Waals surface area contributed by atoms with Gasteiger partial charge in [0.25, 0.3) is 0 Å². The summed E-state index contributed by atoms with van der Waals surface area (Å²) >= 11 is 0. The van der Waals surface area contributed by atoms with Crippen LogP contribution in [0, 0.1) is 5.82 Å². The summed E-state index contributed by atoms with van der Waals surface area (Å²) in [4.78, 5) is 8.52. The summed E-state index contributed by atoms with van der Waals surface area (Å²) < 4.78 is 18.3. The van der Waals surface area contributed by atoms with Crippen LogP contribution in [0.5, 0.6) is 5.75 Å². The van der Waals surface area contributed by atoms with Crippen LogP contribution in [-0.4, -0.2) is 30.6 Å². The second-order valence-electron chi connectivity index (χ2n) is 5.27. The maximum atomic E-state index is 12.7. The Bertz CT molecular complexity index is 623. The minimum absolute atomic E-state index is 0. The molecule has 2 aromatic rings. The number of unbranched alkanes of at least 4 members (excludes halogenated alkanes) is 1. The van der Waals surface area contributed by atoms with Crippen molar-refractivity contribution in [2.75, 3.05) is 19.7 Å². The number of aliphatic imine (C=N–C) groups is 1. The molecule has 0 saturated heterocycles. The number of halogens is 2. The molecular formula is C18H24FIN4O. The van der Waals surface area contributed by atoms with Gasteiger partial charge in [-0.25, -0.2) is 4.39 Å². The van der Waals surface area contributed by atoms with Gasteiger partial charge in [-0.15, -0.1) is 24.0 Å². The molecule has 1 aromatic heterocycles. The van der Waals surface area contributed by atoms with Gasteiger partial charge in [0.2, 0.25) is 0 Å². The number of hydrogen-bond acceptors (Lipinski definition) is 3. The van der Waals surface area contributed by atoms with Gasteiger partial charge in [-0.2, -0.15) is 0 Å². The second kappa shape index (κ2) is 12.5. The van der Waals surface area contributed by atoms with E-state index >= 15 is 0 Å². The average Bonchev–Trinajstić information content (AvgIpc) is 2.60. The lowest BCUT2D eigenvalue weighted by molar-refractivity contribution is 0.307. The fourth-order valence-corrected chi connectivity index (χ4v) is 2.05. The van der Waals surface area contributed by atoms with Gasteiger partial charge >= 0.3 is 0 Å². The second-order valence-corrected chi connectivity index (χ2v) is 5.27. The minimum atomic E-state index is -0.261. The highest BCUT2D eigenvalue weighted by atomic mass is 127. The molecule has 0 atom stereocenters. The van der Waals surface area contributed by atoms with Gasteiger partial charge in [0.1, 0.15) is 11.6 Å². The molecule has 0 bridgehead atoms. The maximum absolute atomic E-state index is 12.7. The Morgan fingerprint density at radius 3 is 2.68 bits per heavy atom. The molecule has 0 aliphatic rings. The Morgan fingerprint density at radius 2 is 1.96 bits per heavy atom. The smallest absolute Gasteiger partial charge is 0.188 e. The van der Waals surface area contributed by atoms with E-state index in [1.807, 2.05) is 18.2 Å². The Kier molecular flexibility index (Phi) is 10.5. The highest BCUT2D eigenvalue weighted by Crippen LogP contribution is 2.11. The average molecular weight is 458 g/mol. The third kappa shape index (κ3) is 9.23. The van der Waals surface area contributed by atoms with Crippen molar-refractivity contribution in [2.45, 2.75) is 19.3 Å². The molecule has 25 heavy (non-hydrogen) atoms. The van der Waals surface area contributed by atoms with Crippen LogP contribution in [0.2, 0.25) is 0 Å². The number of pyridine rings is 1. The number of ether oxygens (including phenoxy) is 1.